The van der Waals surface area contributed by atoms with Crippen LogP contribution in [0.1, 0.15) is 37.3 Å². The molecule has 2 fully saturated rings. The first-order valence-corrected chi connectivity index (χ1v) is 9.73. The zero-order valence-corrected chi connectivity index (χ0v) is 16.2. The number of piperidine rings is 2. The minimum atomic E-state index is -0.367. The van der Waals surface area contributed by atoms with Crippen molar-refractivity contribution in [1.82, 2.24) is 15.2 Å². The second kappa shape index (κ2) is 7.66. The van der Waals surface area contributed by atoms with Gasteiger partial charge in [0.05, 0.1) is 25.8 Å². The number of fused-ring (bicyclic) bond motifs is 1. The van der Waals surface area contributed by atoms with Crippen LogP contribution in [-0.2, 0) is 9.59 Å². The standard InChI is InChI=1S/C21H25N3O4/c1-27-17-11-13-7-9-22-19(15(13)12-18(17)28-2)14-5-4-10-24(21(14)26)16-6-3-8-23-20(16)25/h7,9,11-12,14,16H,3-6,8,10H2,1-2H3,(H,23,25)/t14?,16-/m1/s1. The Morgan fingerprint density at radius 1 is 1.11 bits per heavy atom. The largest absolute Gasteiger partial charge is 0.493 e. The molecule has 7 heteroatoms. The monoisotopic (exact) mass is 383 g/mol. The highest BCUT2D eigenvalue weighted by Gasteiger charge is 2.39. The number of hydrogen-bond acceptors (Lipinski definition) is 5. The molecule has 28 heavy (non-hydrogen) atoms. The number of nitrogens with zero attached hydrogens (tertiary/aromatic N) is 2. The number of carbonyl (C=O) groups is 2. The average Bonchev–Trinajstić information content (AvgIpc) is 2.73. The first-order valence-electron chi connectivity index (χ1n) is 9.73. The highest BCUT2D eigenvalue weighted by atomic mass is 16.5. The van der Waals surface area contributed by atoms with Gasteiger partial charge in [0.25, 0.3) is 0 Å². The van der Waals surface area contributed by atoms with E-state index in [0.29, 0.717) is 24.6 Å². The van der Waals surface area contributed by atoms with Crippen molar-refractivity contribution in [3.05, 3.63) is 30.1 Å². The lowest BCUT2D eigenvalue weighted by Gasteiger charge is -2.38. The average molecular weight is 383 g/mol. The number of pyridine rings is 1. The highest BCUT2D eigenvalue weighted by molar-refractivity contribution is 5.96. The smallest absolute Gasteiger partial charge is 0.242 e. The summed E-state index contributed by atoms with van der Waals surface area (Å²) in [7, 11) is 3.19. The van der Waals surface area contributed by atoms with Crippen molar-refractivity contribution in [3.63, 3.8) is 0 Å². The molecule has 2 amide bonds. The Bertz CT molecular complexity index is 914. The van der Waals surface area contributed by atoms with Gasteiger partial charge in [-0.2, -0.15) is 0 Å². The summed E-state index contributed by atoms with van der Waals surface area (Å²) >= 11 is 0. The van der Waals surface area contributed by atoms with E-state index in [1.807, 2.05) is 18.2 Å². The first kappa shape index (κ1) is 18.5. The normalized spacial score (nSPS) is 22.9. The van der Waals surface area contributed by atoms with Crippen LogP contribution in [0.5, 0.6) is 11.5 Å². The molecule has 1 aromatic carbocycles. The molecule has 1 aromatic heterocycles. The molecule has 0 aliphatic carbocycles. The van der Waals surface area contributed by atoms with Gasteiger partial charge < -0.3 is 19.7 Å². The van der Waals surface area contributed by atoms with E-state index in [1.165, 1.54) is 0 Å². The van der Waals surface area contributed by atoms with Crippen LogP contribution in [0.3, 0.4) is 0 Å². The molecule has 0 radical (unpaired) electrons. The summed E-state index contributed by atoms with van der Waals surface area (Å²) in [4.78, 5) is 32.0. The summed E-state index contributed by atoms with van der Waals surface area (Å²) in [5.74, 6) is 0.838. The van der Waals surface area contributed by atoms with Crippen LogP contribution in [-0.4, -0.2) is 55.0 Å². The summed E-state index contributed by atoms with van der Waals surface area (Å²) < 4.78 is 10.8. The number of hydrogen-bond donors (Lipinski definition) is 1. The summed E-state index contributed by atoms with van der Waals surface area (Å²) in [5.41, 5.74) is 0.740. The van der Waals surface area contributed by atoms with E-state index >= 15 is 0 Å². The third kappa shape index (κ3) is 3.15. The number of carbonyl (C=O) groups excluding carboxylic acids is 2. The molecule has 7 nitrogen and oxygen atoms in total. The molecule has 2 atom stereocenters. The van der Waals surface area contributed by atoms with E-state index in [2.05, 4.69) is 10.3 Å². The molecular weight excluding hydrogens is 358 g/mol. The molecule has 4 rings (SSSR count). The quantitative estimate of drug-likeness (QED) is 0.876. The molecule has 0 bridgehead atoms. The van der Waals surface area contributed by atoms with Crippen LogP contribution in [0.4, 0.5) is 0 Å². The van der Waals surface area contributed by atoms with Gasteiger partial charge in [-0.1, -0.05) is 0 Å². The Kier molecular flexibility index (Phi) is 5.07. The highest BCUT2D eigenvalue weighted by Crippen LogP contribution is 2.38. The van der Waals surface area contributed by atoms with Gasteiger partial charge in [0.2, 0.25) is 11.8 Å². The van der Waals surface area contributed by atoms with Crippen molar-refractivity contribution in [1.29, 1.82) is 0 Å². The fraction of sp³-hybridized carbons (Fsp3) is 0.476. The maximum Gasteiger partial charge on any atom is 0.242 e. The van der Waals surface area contributed by atoms with Gasteiger partial charge in [0, 0.05) is 24.7 Å². The molecule has 2 aliphatic heterocycles. The lowest BCUT2D eigenvalue weighted by atomic mass is 9.88. The molecule has 3 heterocycles. The van der Waals surface area contributed by atoms with E-state index in [4.69, 9.17) is 9.47 Å². The SMILES string of the molecule is COc1cc2ccnc(C3CCCN([C@@H]4CCCNC4=O)C3=O)c2cc1OC. The Balaban J connectivity index is 1.72. The van der Waals surface area contributed by atoms with E-state index < -0.39 is 0 Å². The van der Waals surface area contributed by atoms with Gasteiger partial charge >= 0.3 is 0 Å². The van der Waals surface area contributed by atoms with Gasteiger partial charge in [0.1, 0.15) is 6.04 Å². The van der Waals surface area contributed by atoms with Gasteiger partial charge in [-0.05, 0) is 49.3 Å². The zero-order valence-electron chi connectivity index (χ0n) is 16.2. The number of benzene rings is 1. The van der Waals surface area contributed by atoms with Crippen LogP contribution in [0.2, 0.25) is 0 Å². The Hall–Kier alpha value is -2.83. The van der Waals surface area contributed by atoms with Crippen LogP contribution in [0.25, 0.3) is 10.8 Å². The van der Waals surface area contributed by atoms with Gasteiger partial charge in [-0.15, -0.1) is 0 Å². The maximum atomic E-state index is 13.3. The van der Waals surface area contributed by atoms with E-state index in [1.54, 1.807) is 25.3 Å². The van der Waals surface area contributed by atoms with Crippen molar-refractivity contribution in [2.45, 2.75) is 37.6 Å². The van der Waals surface area contributed by atoms with Gasteiger partial charge in [0.15, 0.2) is 11.5 Å². The minimum Gasteiger partial charge on any atom is -0.493 e. The maximum absolute atomic E-state index is 13.3. The van der Waals surface area contributed by atoms with Crippen LogP contribution >= 0.6 is 0 Å². The molecule has 148 valence electrons. The Labute approximate surface area is 164 Å². The number of ether oxygens (including phenoxy) is 2. The van der Waals surface area contributed by atoms with Crippen LogP contribution in [0.15, 0.2) is 24.4 Å². The second-order valence-electron chi connectivity index (χ2n) is 7.30. The second-order valence-corrected chi connectivity index (χ2v) is 7.30. The predicted octanol–water partition coefficient (Wildman–Crippen LogP) is 2.24. The van der Waals surface area contributed by atoms with Crippen molar-refractivity contribution in [2.24, 2.45) is 0 Å². The number of amides is 2. The van der Waals surface area contributed by atoms with Gasteiger partial charge in [-0.25, -0.2) is 0 Å². The van der Waals surface area contributed by atoms with Crippen molar-refractivity contribution < 1.29 is 19.1 Å². The van der Waals surface area contributed by atoms with E-state index in [9.17, 15) is 9.59 Å². The predicted molar refractivity (Wildman–Crippen MR) is 105 cm³/mol. The molecular formula is C21H25N3O4. The summed E-state index contributed by atoms with van der Waals surface area (Å²) in [6, 6.07) is 5.32. The fourth-order valence-electron chi connectivity index (χ4n) is 4.32. The number of rotatable bonds is 4. The van der Waals surface area contributed by atoms with Crippen molar-refractivity contribution in [2.75, 3.05) is 27.3 Å². The molecule has 1 N–H and O–H groups in total. The van der Waals surface area contributed by atoms with E-state index in [0.717, 1.165) is 42.1 Å². The molecule has 2 saturated heterocycles. The fourth-order valence-corrected chi connectivity index (χ4v) is 4.32. The Morgan fingerprint density at radius 2 is 1.89 bits per heavy atom. The number of methoxy groups -OCH3 is 2. The lowest BCUT2D eigenvalue weighted by molar-refractivity contribution is -0.145. The van der Waals surface area contributed by atoms with Gasteiger partial charge in [-0.3, -0.25) is 14.6 Å². The number of nitrogens with one attached hydrogen (secondary N) is 1. The summed E-state index contributed by atoms with van der Waals surface area (Å²) in [6.45, 7) is 1.31. The van der Waals surface area contributed by atoms with Crippen molar-refractivity contribution >= 4 is 22.6 Å². The molecule has 2 aromatic rings. The third-order valence-electron chi connectivity index (χ3n) is 5.73. The minimum absolute atomic E-state index is 0.0110. The molecule has 0 spiro atoms. The summed E-state index contributed by atoms with van der Waals surface area (Å²) in [6.07, 6.45) is 4.92. The number of aromatic nitrogens is 1. The summed E-state index contributed by atoms with van der Waals surface area (Å²) in [5, 5.41) is 4.71. The van der Waals surface area contributed by atoms with Crippen molar-refractivity contribution in [3.8, 4) is 11.5 Å². The molecule has 1 unspecified atom stereocenters. The third-order valence-corrected chi connectivity index (χ3v) is 5.73. The van der Waals surface area contributed by atoms with E-state index in [-0.39, 0.29) is 23.8 Å². The number of likely N-dealkylation sites (tertiary alicyclic amines) is 1. The lowest BCUT2D eigenvalue weighted by Crippen LogP contribution is -2.55. The molecule has 0 saturated carbocycles. The van der Waals surface area contributed by atoms with Crippen LogP contribution < -0.4 is 14.8 Å². The Morgan fingerprint density at radius 3 is 2.64 bits per heavy atom. The molecule has 2 aliphatic rings. The first-order chi connectivity index (χ1) is 13.6. The topological polar surface area (TPSA) is 80.8 Å². The van der Waals surface area contributed by atoms with Crippen LogP contribution in [0, 0.1) is 0 Å². The zero-order chi connectivity index (χ0) is 19.7.